The Labute approximate surface area is 182 Å². The molecule has 3 rings (SSSR count). The molecule has 0 N–H and O–H groups in total. The van der Waals surface area contributed by atoms with E-state index in [1.54, 1.807) is 0 Å². The van der Waals surface area contributed by atoms with Gasteiger partial charge in [-0.15, -0.1) is 12.4 Å². The van der Waals surface area contributed by atoms with Crippen LogP contribution in [0.15, 0.2) is 54.6 Å². The van der Waals surface area contributed by atoms with Crippen LogP contribution in [0.5, 0.6) is 5.75 Å². The van der Waals surface area contributed by atoms with Crippen LogP contribution >= 0.6 is 12.4 Å². The van der Waals surface area contributed by atoms with Crippen LogP contribution in [0.2, 0.25) is 0 Å². The molecule has 0 aliphatic carbocycles. The molecular weight excluding hydrogens is 382 g/mol. The lowest BCUT2D eigenvalue weighted by atomic mass is 10.1. The van der Waals surface area contributed by atoms with Gasteiger partial charge in [0.1, 0.15) is 5.75 Å². The Kier molecular flexibility index (Phi) is 10.9. The number of benzene rings is 2. The molecule has 29 heavy (non-hydrogen) atoms. The van der Waals surface area contributed by atoms with Crippen molar-refractivity contribution in [3.63, 3.8) is 0 Å². The van der Waals surface area contributed by atoms with E-state index in [2.05, 4.69) is 66.4 Å². The first-order valence-corrected chi connectivity index (χ1v) is 10.6. The molecule has 1 aliphatic heterocycles. The first-order chi connectivity index (χ1) is 13.8. The maximum Gasteiger partial charge on any atom is 0.126 e. The number of rotatable bonds is 10. The molecule has 0 bridgehead atoms. The molecule has 1 aliphatic rings. The maximum atomic E-state index is 6.08. The SMILES string of the molecule is CCOC1CCCN(CCCCOc2ccccc2/C=C/c2ccccc2)C1.Cl. The minimum Gasteiger partial charge on any atom is -0.493 e. The van der Waals surface area contributed by atoms with Crippen molar-refractivity contribution in [2.75, 3.05) is 32.8 Å². The Morgan fingerprint density at radius 1 is 1.00 bits per heavy atom. The molecule has 2 aromatic rings. The van der Waals surface area contributed by atoms with E-state index in [0.29, 0.717) is 6.10 Å². The van der Waals surface area contributed by atoms with Crippen molar-refractivity contribution in [3.8, 4) is 5.75 Å². The number of hydrogen-bond donors (Lipinski definition) is 0. The van der Waals surface area contributed by atoms with Gasteiger partial charge in [-0.25, -0.2) is 0 Å². The molecule has 158 valence electrons. The van der Waals surface area contributed by atoms with Crippen LogP contribution < -0.4 is 4.74 Å². The van der Waals surface area contributed by atoms with Crippen molar-refractivity contribution in [3.05, 3.63) is 65.7 Å². The van der Waals surface area contributed by atoms with Gasteiger partial charge in [-0.3, -0.25) is 0 Å². The molecule has 1 atom stereocenters. The third-order valence-corrected chi connectivity index (χ3v) is 5.16. The number of ether oxygens (including phenoxy) is 2. The highest BCUT2D eigenvalue weighted by atomic mass is 35.5. The third kappa shape index (κ3) is 8.22. The number of piperidine rings is 1. The van der Waals surface area contributed by atoms with Crippen molar-refractivity contribution in [1.29, 1.82) is 0 Å². The number of nitrogens with zero attached hydrogens (tertiary/aromatic N) is 1. The van der Waals surface area contributed by atoms with Gasteiger partial charge in [-0.2, -0.15) is 0 Å². The summed E-state index contributed by atoms with van der Waals surface area (Å²) < 4.78 is 11.9. The van der Waals surface area contributed by atoms with E-state index in [1.165, 1.54) is 31.4 Å². The molecule has 0 spiro atoms. The van der Waals surface area contributed by atoms with E-state index in [1.807, 2.05) is 12.1 Å². The largest absolute Gasteiger partial charge is 0.493 e. The van der Waals surface area contributed by atoms with E-state index in [-0.39, 0.29) is 12.4 Å². The standard InChI is InChI=1S/C25H33NO2.ClH/c1-2-27-24-14-10-19-26(21-24)18-8-9-20-28-25-15-7-6-13-23(25)17-16-22-11-4-3-5-12-22;/h3-7,11-13,15-17,24H,2,8-10,14,18-21H2,1H3;1H/b17-16+;. The number of hydrogen-bond acceptors (Lipinski definition) is 3. The Bertz CT molecular complexity index is 718. The van der Waals surface area contributed by atoms with Gasteiger partial charge in [-0.1, -0.05) is 60.7 Å². The average Bonchev–Trinajstić information content (AvgIpc) is 2.74. The maximum absolute atomic E-state index is 6.08. The quantitative estimate of drug-likeness (QED) is 0.354. The zero-order valence-electron chi connectivity index (χ0n) is 17.5. The van der Waals surface area contributed by atoms with Crippen LogP contribution in [-0.4, -0.2) is 43.9 Å². The molecule has 0 aromatic heterocycles. The fourth-order valence-corrected chi connectivity index (χ4v) is 3.71. The van der Waals surface area contributed by atoms with Crippen molar-refractivity contribution >= 4 is 24.6 Å². The fourth-order valence-electron chi connectivity index (χ4n) is 3.71. The Morgan fingerprint density at radius 3 is 2.62 bits per heavy atom. The first-order valence-electron chi connectivity index (χ1n) is 10.6. The smallest absolute Gasteiger partial charge is 0.126 e. The molecule has 3 nitrogen and oxygen atoms in total. The highest BCUT2D eigenvalue weighted by molar-refractivity contribution is 5.85. The molecular formula is C25H34ClNO2. The monoisotopic (exact) mass is 415 g/mol. The zero-order chi connectivity index (χ0) is 19.4. The molecule has 0 saturated carbocycles. The van der Waals surface area contributed by atoms with Crippen molar-refractivity contribution in [2.24, 2.45) is 0 Å². The van der Waals surface area contributed by atoms with Gasteiger partial charge in [0, 0.05) is 18.7 Å². The molecule has 0 amide bonds. The molecule has 4 heteroatoms. The number of likely N-dealkylation sites (tertiary alicyclic amines) is 1. The second-order valence-corrected chi connectivity index (χ2v) is 7.36. The summed E-state index contributed by atoms with van der Waals surface area (Å²) in [6, 6.07) is 18.6. The van der Waals surface area contributed by atoms with Crippen molar-refractivity contribution < 1.29 is 9.47 Å². The molecule has 1 unspecified atom stereocenters. The minimum atomic E-state index is 0. The number of halogens is 1. The highest BCUT2D eigenvalue weighted by Crippen LogP contribution is 2.21. The van der Waals surface area contributed by atoms with Crippen LogP contribution in [0, 0.1) is 0 Å². The van der Waals surface area contributed by atoms with Crippen molar-refractivity contribution in [2.45, 2.75) is 38.7 Å². The summed E-state index contributed by atoms with van der Waals surface area (Å²) in [4.78, 5) is 2.54. The highest BCUT2D eigenvalue weighted by Gasteiger charge is 2.19. The van der Waals surface area contributed by atoms with Crippen LogP contribution in [0.25, 0.3) is 12.2 Å². The topological polar surface area (TPSA) is 21.7 Å². The summed E-state index contributed by atoms with van der Waals surface area (Å²) in [5, 5.41) is 0. The van der Waals surface area contributed by atoms with E-state index in [0.717, 1.165) is 44.0 Å². The Balaban J connectivity index is 0.00000300. The second kappa shape index (κ2) is 13.4. The lowest BCUT2D eigenvalue weighted by Gasteiger charge is -2.32. The van der Waals surface area contributed by atoms with Gasteiger partial charge >= 0.3 is 0 Å². The molecule has 2 aromatic carbocycles. The summed E-state index contributed by atoms with van der Waals surface area (Å²) in [5.41, 5.74) is 2.33. The van der Waals surface area contributed by atoms with Crippen LogP contribution in [0.3, 0.4) is 0 Å². The van der Waals surface area contributed by atoms with Gasteiger partial charge in [0.25, 0.3) is 0 Å². The predicted octanol–water partition coefficient (Wildman–Crippen LogP) is 5.94. The van der Waals surface area contributed by atoms with Gasteiger partial charge in [0.05, 0.1) is 12.7 Å². The van der Waals surface area contributed by atoms with Gasteiger partial charge in [0.2, 0.25) is 0 Å². The summed E-state index contributed by atoms with van der Waals surface area (Å²) in [6.45, 7) is 7.11. The fraction of sp³-hybridized carbons (Fsp3) is 0.440. The van der Waals surface area contributed by atoms with Gasteiger partial charge in [-0.05, 0) is 57.3 Å². The predicted molar refractivity (Wildman–Crippen MR) is 125 cm³/mol. The normalized spacial score (nSPS) is 17.2. The van der Waals surface area contributed by atoms with Crippen LogP contribution in [0.4, 0.5) is 0 Å². The molecule has 0 radical (unpaired) electrons. The van der Waals surface area contributed by atoms with E-state index < -0.39 is 0 Å². The van der Waals surface area contributed by atoms with Crippen LogP contribution in [-0.2, 0) is 4.74 Å². The van der Waals surface area contributed by atoms with Gasteiger partial charge < -0.3 is 14.4 Å². The second-order valence-electron chi connectivity index (χ2n) is 7.36. The van der Waals surface area contributed by atoms with E-state index in [9.17, 15) is 0 Å². The number of para-hydroxylation sites is 1. The minimum absolute atomic E-state index is 0. The van der Waals surface area contributed by atoms with E-state index in [4.69, 9.17) is 9.47 Å². The summed E-state index contributed by atoms with van der Waals surface area (Å²) in [5.74, 6) is 0.962. The summed E-state index contributed by atoms with van der Waals surface area (Å²) in [6.07, 6.45) is 9.40. The summed E-state index contributed by atoms with van der Waals surface area (Å²) >= 11 is 0. The zero-order valence-corrected chi connectivity index (χ0v) is 18.3. The first kappa shape index (κ1) is 23.5. The lowest BCUT2D eigenvalue weighted by molar-refractivity contribution is 0.00542. The van der Waals surface area contributed by atoms with Gasteiger partial charge in [0.15, 0.2) is 0 Å². The molecule has 1 saturated heterocycles. The van der Waals surface area contributed by atoms with E-state index >= 15 is 0 Å². The molecule has 1 fully saturated rings. The lowest BCUT2D eigenvalue weighted by Crippen LogP contribution is -2.40. The van der Waals surface area contributed by atoms with Crippen LogP contribution in [0.1, 0.15) is 43.7 Å². The Hall–Kier alpha value is -1.81. The summed E-state index contributed by atoms with van der Waals surface area (Å²) in [7, 11) is 0. The molecule has 1 heterocycles. The average molecular weight is 416 g/mol. The van der Waals surface area contributed by atoms with Crippen molar-refractivity contribution in [1.82, 2.24) is 4.90 Å². The Morgan fingerprint density at radius 2 is 1.79 bits per heavy atom. The number of unbranched alkanes of at least 4 members (excludes halogenated alkanes) is 1. The third-order valence-electron chi connectivity index (χ3n) is 5.16.